The number of hydrogen-bond donors (Lipinski definition) is 0. The van der Waals surface area contributed by atoms with Gasteiger partial charge in [-0.05, 0) is 39.2 Å². The smallest absolute Gasteiger partial charge is 0.255 e. The summed E-state index contributed by atoms with van der Waals surface area (Å²) in [6, 6.07) is 3.37. The summed E-state index contributed by atoms with van der Waals surface area (Å²) in [6.07, 6.45) is 6.68. The molecule has 3 rings (SSSR count). The summed E-state index contributed by atoms with van der Waals surface area (Å²) in [5.74, 6) is 0.0404. The fraction of sp³-hybridized carbons (Fsp3) is 0.625. The van der Waals surface area contributed by atoms with Gasteiger partial charge in [0.25, 0.3) is 5.91 Å². The van der Waals surface area contributed by atoms with Gasteiger partial charge >= 0.3 is 0 Å². The van der Waals surface area contributed by atoms with Crippen LogP contribution in [0.1, 0.15) is 43.5 Å². The summed E-state index contributed by atoms with van der Waals surface area (Å²) >= 11 is 6.12. The monoisotopic (exact) mass is 307 g/mol. The van der Waals surface area contributed by atoms with Crippen LogP contribution in [0.25, 0.3) is 0 Å². The number of likely N-dealkylation sites (tertiary alicyclic amines) is 1. The first-order valence-corrected chi connectivity index (χ1v) is 8.12. The number of amides is 1. The van der Waals surface area contributed by atoms with Crippen molar-refractivity contribution in [2.24, 2.45) is 0 Å². The van der Waals surface area contributed by atoms with Gasteiger partial charge in [0.15, 0.2) is 0 Å². The Kier molecular flexibility index (Phi) is 4.18. The zero-order chi connectivity index (χ0) is 15.0. The molecule has 0 saturated carbocycles. The van der Waals surface area contributed by atoms with Crippen LogP contribution in [0.15, 0.2) is 18.5 Å². The van der Waals surface area contributed by atoms with E-state index in [4.69, 9.17) is 11.6 Å². The van der Waals surface area contributed by atoms with E-state index in [1.165, 1.54) is 12.8 Å². The number of carbonyl (C=O) groups is 1. The zero-order valence-electron chi connectivity index (χ0n) is 12.6. The van der Waals surface area contributed by atoms with Gasteiger partial charge in [-0.3, -0.25) is 14.7 Å². The van der Waals surface area contributed by atoms with Gasteiger partial charge in [-0.2, -0.15) is 0 Å². The van der Waals surface area contributed by atoms with Gasteiger partial charge in [0.05, 0.1) is 10.6 Å². The van der Waals surface area contributed by atoms with Gasteiger partial charge in [0.2, 0.25) is 0 Å². The number of carbonyl (C=O) groups excluding carboxylic acids is 1. The zero-order valence-corrected chi connectivity index (χ0v) is 13.4. The molecule has 114 valence electrons. The number of nitrogens with zero attached hydrogens (tertiary/aromatic N) is 3. The Morgan fingerprint density at radius 2 is 2.10 bits per heavy atom. The third kappa shape index (κ3) is 2.79. The van der Waals surface area contributed by atoms with Crippen molar-refractivity contribution in [3.63, 3.8) is 0 Å². The molecule has 2 aliphatic rings. The lowest BCUT2D eigenvalue weighted by atomic mass is 10.1. The van der Waals surface area contributed by atoms with Crippen molar-refractivity contribution in [2.75, 3.05) is 13.1 Å². The van der Waals surface area contributed by atoms with Crippen molar-refractivity contribution in [1.82, 2.24) is 14.8 Å². The predicted molar refractivity (Wildman–Crippen MR) is 83.6 cm³/mol. The second kappa shape index (κ2) is 5.93. The number of halogens is 1. The molecule has 0 radical (unpaired) electrons. The normalized spacial score (nSPS) is 26.2. The molecule has 3 heterocycles. The Labute approximate surface area is 131 Å². The van der Waals surface area contributed by atoms with Crippen LogP contribution in [0.4, 0.5) is 0 Å². The molecule has 2 bridgehead atoms. The molecule has 21 heavy (non-hydrogen) atoms. The fourth-order valence-corrected chi connectivity index (χ4v) is 4.06. The van der Waals surface area contributed by atoms with E-state index in [-0.39, 0.29) is 5.91 Å². The minimum absolute atomic E-state index is 0.0404. The number of fused-ring (bicyclic) bond motifs is 2. The molecule has 0 aromatic carbocycles. The predicted octanol–water partition coefficient (Wildman–Crippen LogP) is 2.82. The first-order valence-electron chi connectivity index (χ1n) is 7.74. The quantitative estimate of drug-likeness (QED) is 0.843. The highest BCUT2D eigenvalue weighted by atomic mass is 35.5. The molecule has 2 aliphatic heterocycles. The highest BCUT2D eigenvalue weighted by molar-refractivity contribution is 6.33. The largest absolute Gasteiger partial charge is 0.337 e. The molecule has 0 N–H and O–H groups in total. The Hall–Kier alpha value is -1.13. The van der Waals surface area contributed by atoms with Crippen LogP contribution in [0.2, 0.25) is 5.02 Å². The van der Waals surface area contributed by atoms with Crippen LogP contribution >= 0.6 is 11.6 Å². The Morgan fingerprint density at radius 3 is 2.81 bits per heavy atom. The minimum atomic E-state index is 0.0404. The Morgan fingerprint density at radius 1 is 1.33 bits per heavy atom. The molecule has 2 saturated heterocycles. The van der Waals surface area contributed by atoms with Crippen molar-refractivity contribution in [2.45, 2.75) is 51.2 Å². The maximum atomic E-state index is 12.7. The maximum absolute atomic E-state index is 12.7. The molecular formula is C16H22ClN3O. The molecule has 0 spiro atoms. The van der Waals surface area contributed by atoms with Crippen LogP contribution in [-0.2, 0) is 0 Å². The van der Waals surface area contributed by atoms with Crippen molar-refractivity contribution in [3.8, 4) is 0 Å². The second-order valence-corrected chi connectivity index (χ2v) is 6.73. The van der Waals surface area contributed by atoms with Crippen molar-refractivity contribution < 1.29 is 4.79 Å². The number of hydrogen-bond acceptors (Lipinski definition) is 3. The van der Waals surface area contributed by atoms with E-state index < -0.39 is 0 Å². The molecule has 5 heteroatoms. The molecule has 1 aromatic heterocycles. The van der Waals surface area contributed by atoms with E-state index in [0.717, 1.165) is 19.5 Å². The summed E-state index contributed by atoms with van der Waals surface area (Å²) in [7, 11) is 0. The van der Waals surface area contributed by atoms with Gasteiger partial charge in [-0.15, -0.1) is 0 Å². The highest BCUT2D eigenvalue weighted by Crippen LogP contribution is 2.32. The number of rotatable bonds is 2. The van der Waals surface area contributed by atoms with Gasteiger partial charge in [0.1, 0.15) is 0 Å². The molecule has 2 atom stereocenters. The summed E-state index contributed by atoms with van der Waals surface area (Å²) < 4.78 is 0. The SMILES string of the molecule is CC(C)N1C2CCC1CN(C(=O)c1ccncc1Cl)CC2. The Bertz CT molecular complexity index is 534. The summed E-state index contributed by atoms with van der Waals surface area (Å²) in [5.41, 5.74) is 0.570. The van der Waals surface area contributed by atoms with E-state index in [2.05, 4.69) is 23.7 Å². The first kappa shape index (κ1) is 14.8. The average Bonchev–Trinajstić information content (AvgIpc) is 2.73. The van der Waals surface area contributed by atoms with Crippen molar-refractivity contribution >= 4 is 17.5 Å². The highest BCUT2D eigenvalue weighted by Gasteiger charge is 2.39. The molecule has 1 aromatic rings. The Balaban J connectivity index is 1.79. The summed E-state index contributed by atoms with van der Waals surface area (Å²) in [5, 5.41) is 0.442. The van der Waals surface area contributed by atoms with Gasteiger partial charge in [0, 0.05) is 43.6 Å². The number of pyridine rings is 1. The lowest BCUT2D eigenvalue weighted by Gasteiger charge is -2.32. The maximum Gasteiger partial charge on any atom is 0.255 e. The van der Waals surface area contributed by atoms with Gasteiger partial charge in [-0.25, -0.2) is 0 Å². The molecular weight excluding hydrogens is 286 g/mol. The van der Waals surface area contributed by atoms with Crippen LogP contribution in [0.5, 0.6) is 0 Å². The topological polar surface area (TPSA) is 36.4 Å². The van der Waals surface area contributed by atoms with E-state index in [9.17, 15) is 4.79 Å². The fourth-order valence-electron chi connectivity index (χ4n) is 3.86. The van der Waals surface area contributed by atoms with Crippen molar-refractivity contribution in [1.29, 1.82) is 0 Å². The second-order valence-electron chi connectivity index (χ2n) is 6.32. The summed E-state index contributed by atoms with van der Waals surface area (Å²) in [4.78, 5) is 21.2. The summed E-state index contributed by atoms with van der Waals surface area (Å²) in [6.45, 7) is 6.14. The van der Waals surface area contributed by atoms with E-state index in [0.29, 0.717) is 28.7 Å². The standard InChI is InChI=1S/C16H22ClN3O/c1-11(2)20-12-3-4-13(20)10-19(8-6-12)16(21)14-5-7-18-9-15(14)17/h5,7,9,11-13H,3-4,6,8,10H2,1-2H3. The van der Waals surface area contributed by atoms with E-state index >= 15 is 0 Å². The lowest BCUT2D eigenvalue weighted by Crippen LogP contribution is -2.44. The third-order valence-corrected chi connectivity index (χ3v) is 5.03. The van der Waals surface area contributed by atoms with Crippen LogP contribution in [0.3, 0.4) is 0 Å². The molecule has 2 fully saturated rings. The van der Waals surface area contributed by atoms with Crippen molar-refractivity contribution in [3.05, 3.63) is 29.0 Å². The van der Waals surface area contributed by atoms with Crippen LogP contribution in [0, 0.1) is 0 Å². The van der Waals surface area contributed by atoms with E-state index in [1.807, 2.05) is 4.90 Å². The van der Waals surface area contributed by atoms with Gasteiger partial charge in [-0.1, -0.05) is 11.6 Å². The van der Waals surface area contributed by atoms with Crippen LogP contribution < -0.4 is 0 Å². The molecule has 1 amide bonds. The molecule has 0 aliphatic carbocycles. The van der Waals surface area contributed by atoms with Gasteiger partial charge < -0.3 is 4.90 Å². The molecule has 4 nitrogen and oxygen atoms in total. The van der Waals surface area contributed by atoms with E-state index in [1.54, 1.807) is 18.5 Å². The first-order chi connectivity index (χ1) is 10.1. The minimum Gasteiger partial charge on any atom is -0.337 e. The lowest BCUT2D eigenvalue weighted by molar-refractivity contribution is 0.0728. The average molecular weight is 308 g/mol. The molecule has 2 unspecified atom stereocenters. The number of aromatic nitrogens is 1. The third-order valence-electron chi connectivity index (χ3n) is 4.73. The van der Waals surface area contributed by atoms with Crippen LogP contribution in [-0.4, -0.2) is 51.9 Å².